The van der Waals surface area contributed by atoms with Gasteiger partial charge in [0.05, 0.1) is 13.2 Å². The van der Waals surface area contributed by atoms with E-state index in [1.807, 2.05) is 0 Å². The molecule has 1 aromatic carbocycles. The molecule has 1 aromatic rings. The first-order valence-corrected chi connectivity index (χ1v) is 4.44. The fourth-order valence-corrected chi connectivity index (χ4v) is 1.21. The number of halogens is 3. The van der Waals surface area contributed by atoms with Gasteiger partial charge in [-0.25, -0.2) is 8.78 Å². The van der Waals surface area contributed by atoms with Crippen LogP contribution in [0.4, 0.5) is 13.2 Å². The van der Waals surface area contributed by atoms with Gasteiger partial charge in [-0.3, -0.25) is 0 Å². The van der Waals surface area contributed by atoms with Crippen molar-refractivity contribution in [2.75, 3.05) is 19.8 Å². The third-order valence-electron chi connectivity index (χ3n) is 2.12. The molecule has 0 aliphatic carbocycles. The van der Waals surface area contributed by atoms with E-state index in [4.69, 9.17) is 4.74 Å². The Bertz CT molecular complexity index is 364. The van der Waals surface area contributed by atoms with Crippen molar-refractivity contribution < 1.29 is 22.6 Å². The summed E-state index contributed by atoms with van der Waals surface area (Å²) in [6.45, 7) is -0.457. The highest BCUT2D eigenvalue weighted by atomic mass is 19.2. The number of hydrogen-bond donors (Lipinski definition) is 0. The molecule has 0 unspecified atom stereocenters. The lowest BCUT2D eigenvalue weighted by Gasteiger charge is -2.33. The van der Waals surface area contributed by atoms with E-state index in [1.54, 1.807) is 0 Å². The summed E-state index contributed by atoms with van der Waals surface area (Å²) in [5.41, 5.74) is -1.57. The average molecular weight is 218 g/mol. The monoisotopic (exact) mass is 218 g/mol. The van der Waals surface area contributed by atoms with Crippen LogP contribution in [-0.2, 0) is 4.74 Å². The lowest BCUT2D eigenvalue weighted by atomic mass is 10.1. The number of ether oxygens (including phenoxy) is 2. The lowest BCUT2D eigenvalue weighted by molar-refractivity contribution is -0.146. The number of alkyl halides is 1. The largest absolute Gasteiger partial charge is 0.487 e. The van der Waals surface area contributed by atoms with Crippen molar-refractivity contribution in [3.8, 4) is 5.75 Å². The molecule has 0 N–H and O–H groups in total. The van der Waals surface area contributed by atoms with Gasteiger partial charge in [0.1, 0.15) is 6.61 Å². The fourth-order valence-electron chi connectivity index (χ4n) is 1.21. The van der Waals surface area contributed by atoms with E-state index >= 15 is 0 Å². The van der Waals surface area contributed by atoms with Crippen molar-refractivity contribution in [2.24, 2.45) is 0 Å². The molecule has 15 heavy (non-hydrogen) atoms. The van der Waals surface area contributed by atoms with Gasteiger partial charge in [0.15, 0.2) is 17.2 Å². The van der Waals surface area contributed by atoms with Gasteiger partial charge in [0.2, 0.25) is 5.82 Å². The van der Waals surface area contributed by atoms with Crippen LogP contribution in [0.25, 0.3) is 0 Å². The van der Waals surface area contributed by atoms with Crippen molar-refractivity contribution in [3.63, 3.8) is 0 Å². The van der Waals surface area contributed by atoms with E-state index in [0.717, 1.165) is 6.07 Å². The first-order valence-electron chi connectivity index (χ1n) is 4.44. The summed E-state index contributed by atoms with van der Waals surface area (Å²) in [6.07, 6.45) is 0. The zero-order chi connectivity index (χ0) is 10.9. The molecule has 1 aliphatic heterocycles. The zero-order valence-corrected chi connectivity index (χ0v) is 7.80. The van der Waals surface area contributed by atoms with E-state index in [-0.39, 0.29) is 25.6 Å². The van der Waals surface area contributed by atoms with Crippen LogP contribution < -0.4 is 4.74 Å². The van der Waals surface area contributed by atoms with Gasteiger partial charge in [-0.1, -0.05) is 6.07 Å². The maximum absolute atomic E-state index is 13.4. The molecule has 1 heterocycles. The van der Waals surface area contributed by atoms with E-state index in [2.05, 4.69) is 4.74 Å². The summed E-state index contributed by atoms with van der Waals surface area (Å²) < 4.78 is 48.6. The zero-order valence-electron chi connectivity index (χ0n) is 7.80. The second-order valence-electron chi connectivity index (χ2n) is 3.48. The van der Waals surface area contributed by atoms with Crippen LogP contribution in [0.2, 0.25) is 0 Å². The van der Waals surface area contributed by atoms with Gasteiger partial charge >= 0.3 is 0 Å². The lowest BCUT2D eigenvalue weighted by Crippen LogP contribution is -2.50. The van der Waals surface area contributed by atoms with Gasteiger partial charge in [0.25, 0.3) is 0 Å². The molecule has 2 nitrogen and oxygen atoms in total. The van der Waals surface area contributed by atoms with Crippen LogP contribution in [-0.4, -0.2) is 25.5 Å². The molecule has 2 rings (SSSR count). The van der Waals surface area contributed by atoms with Crippen LogP contribution in [0.15, 0.2) is 18.2 Å². The smallest absolute Gasteiger partial charge is 0.200 e. The standard InChI is InChI=1S/C10H9F3O2/c11-7-2-1-3-8(9(7)12)15-6-10(13)4-14-5-10/h1-3H,4-6H2. The SMILES string of the molecule is Fc1cccc(OCC2(F)COC2)c1F. The Balaban J connectivity index is 2.01. The maximum Gasteiger partial charge on any atom is 0.200 e. The molecular formula is C10H9F3O2. The van der Waals surface area contributed by atoms with Crippen molar-refractivity contribution in [1.82, 2.24) is 0 Å². The summed E-state index contributed by atoms with van der Waals surface area (Å²) in [6, 6.07) is 3.52. The van der Waals surface area contributed by atoms with E-state index < -0.39 is 17.3 Å². The molecule has 5 heteroatoms. The molecule has 1 saturated heterocycles. The third-order valence-corrected chi connectivity index (χ3v) is 2.12. The molecule has 0 radical (unpaired) electrons. The molecule has 0 spiro atoms. The first kappa shape index (κ1) is 10.3. The Kier molecular flexibility index (Phi) is 2.56. The van der Waals surface area contributed by atoms with Crippen LogP contribution in [0.5, 0.6) is 5.75 Å². The Morgan fingerprint density at radius 2 is 2.07 bits per heavy atom. The van der Waals surface area contributed by atoms with E-state index in [9.17, 15) is 13.2 Å². The molecule has 0 amide bonds. The normalized spacial score (nSPS) is 18.3. The fraction of sp³-hybridized carbons (Fsp3) is 0.400. The molecule has 1 aliphatic rings. The Labute approximate surface area is 84.6 Å². The summed E-state index contributed by atoms with van der Waals surface area (Å²) in [4.78, 5) is 0. The highest BCUT2D eigenvalue weighted by molar-refractivity contribution is 5.25. The predicted molar refractivity (Wildman–Crippen MR) is 46.5 cm³/mol. The van der Waals surface area contributed by atoms with E-state index in [0.29, 0.717) is 0 Å². The van der Waals surface area contributed by atoms with E-state index in [1.165, 1.54) is 12.1 Å². The van der Waals surface area contributed by atoms with Gasteiger partial charge in [-0.15, -0.1) is 0 Å². The highest BCUT2D eigenvalue weighted by Gasteiger charge is 2.40. The van der Waals surface area contributed by atoms with Gasteiger partial charge < -0.3 is 9.47 Å². The molecule has 0 atom stereocenters. The minimum Gasteiger partial charge on any atom is -0.487 e. The van der Waals surface area contributed by atoms with Crippen LogP contribution in [0, 0.1) is 11.6 Å². The topological polar surface area (TPSA) is 18.5 Å². The second-order valence-corrected chi connectivity index (χ2v) is 3.48. The van der Waals surface area contributed by atoms with Crippen molar-refractivity contribution in [1.29, 1.82) is 0 Å². The molecule has 1 fully saturated rings. The summed E-state index contributed by atoms with van der Waals surface area (Å²) in [5, 5.41) is 0. The molecular weight excluding hydrogens is 209 g/mol. The quantitative estimate of drug-likeness (QED) is 0.773. The maximum atomic E-state index is 13.4. The van der Waals surface area contributed by atoms with Crippen LogP contribution >= 0.6 is 0 Å². The summed E-state index contributed by atoms with van der Waals surface area (Å²) in [7, 11) is 0. The van der Waals surface area contributed by atoms with Crippen LogP contribution in [0.3, 0.4) is 0 Å². The van der Waals surface area contributed by atoms with Gasteiger partial charge in [0, 0.05) is 0 Å². The minimum absolute atomic E-state index is 0.0655. The molecule has 0 bridgehead atoms. The summed E-state index contributed by atoms with van der Waals surface area (Å²) >= 11 is 0. The Morgan fingerprint density at radius 1 is 1.33 bits per heavy atom. The Hall–Kier alpha value is -1.23. The average Bonchev–Trinajstić information content (AvgIpc) is 2.17. The van der Waals surface area contributed by atoms with Gasteiger partial charge in [-0.05, 0) is 12.1 Å². The molecule has 82 valence electrons. The summed E-state index contributed by atoms with van der Waals surface area (Å²) in [5.74, 6) is -2.38. The number of benzene rings is 1. The van der Waals surface area contributed by atoms with Crippen molar-refractivity contribution in [2.45, 2.75) is 5.67 Å². The predicted octanol–water partition coefficient (Wildman–Crippen LogP) is 2.08. The Morgan fingerprint density at radius 3 is 2.67 bits per heavy atom. The van der Waals surface area contributed by atoms with Crippen molar-refractivity contribution >= 4 is 0 Å². The van der Waals surface area contributed by atoms with Crippen LogP contribution in [0.1, 0.15) is 0 Å². The van der Waals surface area contributed by atoms with Crippen molar-refractivity contribution in [3.05, 3.63) is 29.8 Å². The number of rotatable bonds is 3. The number of hydrogen-bond acceptors (Lipinski definition) is 2. The minimum atomic E-state index is -1.57. The third kappa shape index (κ3) is 2.07. The first-order chi connectivity index (χ1) is 7.11. The highest BCUT2D eigenvalue weighted by Crippen LogP contribution is 2.25. The molecule has 0 aromatic heterocycles. The van der Waals surface area contributed by atoms with Gasteiger partial charge in [-0.2, -0.15) is 4.39 Å². The second kappa shape index (κ2) is 3.73. The molecule has 0 saturated carbocycles.